The molecule has 40 heavy (non-hydrogen) atoms. The molecule has 14 heteroatoms. The molecule has 4 aromatic rings. The van der Waals surface area contributed by atoms with Crippen molar-refractivity contribution in [3.8, 4) is 11.5 Å². The molecule has 2 N–H and O–H groups in total. The molecule has 0 atom stereocenters. The van der Waals surface area contributed by atoms with Crippen molar-refractivity contribution in [2.24, 2.45) is 0 Å². The lowest BCUT2D eigenvalue weighted by Crippen LogP contribution is -2.26. The Balaban J connectivity index is 1.44. The summed E-state index contributed by atoms with van der Waals surface area (Å²) in [6.45, 7) is 0. The van der Waals surface area contributed by atoms with Gasteiger partial charge in [0.25, 0.3) is 26.0 Å². The number of aromatic nitrogens is 2. The first-order chi connectivity index (χ1) is 19.0. The van der Waals surface area contributed by atoms with Crippen LogP contribution in [0.5, 0.6) is 11.5 Å². The summed E-state index contributed by atoms with van der Waals surface area (Å²) < 4.78 is 65.1. The van der Waals surface area contributed by atoms with Crippen LogP contribution in [0.4, 0.5) is 17.3 Å². The Morgan fingerprint density at radius 1 is 0.800 bits per heavy atom. The van der Waals surface area contributed by atoms with E-state index in [1.54, 1.807) is 6.07 Å². The van der Waals surface area contributed by atoms with Crippen LogP contribution in [0.15, 0.2) is 95.0 Å². The second-order valence-corrected chi connectivity index (χ2v) is 11.8. The van der Waals surface area contributed by atoms with Gasteiger partial charge in [0.2, 0.25) is 5.95 Å². The Bertz CT molecular complexity index is 1710. The minimum absolute atomic E-state index is 0.00595. The number of ether oxygens (including phenoxy) is 2. The lowest BCUT2D eigenvalue weighted by Gasteiger charge is -2.20. The molecule has 0 aliphatic carbocycles. The van der Waals surface area contributed by atoms with E-state index in [4.69, 9.17) is 9.47 Å². The Hall–Kier alpha value is -4.69. The molecule has 0 radical (unpaired) electrons. The number of hydrogen-bond donors (Lipinski definition) is 2. The summed E-state index contributed by atoms with van der Waals surface area (Å²) in [7, 11) is -3.58. The fourth-order valence-electron chi connectivity index (χ4n) is 3.55. The van der Waals surface area contributed by atoms with Crippen LogP contribution >= 0.6 is 0 Å². The number of carbonyl (C=O) groups excluding carboxylic acids is 1. The average molecular weight is 584 g/mol. The van der Waals surface area contributed by atoms with Gasteiger partial charge in [-0.2, -0.15) is 0 Å². The second kappa shape index (κ2) is 11.6. The van der Waals surface area contributed by atoms with E-state index in [1.807, 2.05) is 0 Å². The smallest absolute Gasteiger partial charge is 0.264 e. The molecule has 0 fully saturated rings. The van der Waals surface area contributed by atoms with Crippen LogP contribution in [-0.2, 0) is 20.0 Å². The monoisotopic (exact) mass is 583 g/mol. The summed E-state index contributed by atoms with van der Waals surface area (Å²) in [5, 5.41) is 2.68. The van der Waals surface area contributed by atoms with Gasteiger partial charge >= 0.3 is 0 Å². The van der Waals surface area contributed by atoms with E-state index in [9.17, 15) is 21.6 Å². The number of amides is 1. The van der Waals surface area contributed by atoms with E-state index in [1.165, 1.54) is 100 Å². The van der Waals surface area contributed by atoms with E-state index >= 15 is 0 Å². The Morgan fingerprint density at radius 2 is 1.40 bits per heavy atom. The van der Waals surface area contributed by atoms with Gasteiger partial charge in [-0.1, -0.05) is 0 Å². The van der Waals surface area contributed by atoms with E-state index in [2.05, 4.69) is 20.0 Å². The highest BCUT2D eigenvalue weighted by Gasteiger charge is 2.23. The number of sulfonamides is 2. The number of carbonyl (C=O) groups is 1. The molecule has 208 valence electrons. The van der Waals surface area contributed by atoms with Gasteiger partial charge in [-0.25, -0.2) is 31.5 Å². The summed E-state index contributed by atoms with van der Waals surface area (Å²) >= 11 is 0. The zero-order valence-corrected chi connectivity index (χ0v) is 23.2. The molecule has 4 rings (SSSR count). The maximum absolute atomic E-state index is 13.2. The number of hydrogen-bond acceptors (Lipinski definition) is 9. The van der Waals surface area contributed by atoms with Crippen LogP contribution < -0.4 is 23.8 Å². The van der Waals surface area contributed by atoms with Gasteiger partial charge in [0.05, 0.1) is 29.7 Å². The fourth-order valence-corrected chi connectivity index (χ4v) is 5.72. The molecule has 1 amide bonds. The van der Waals surface area contributed by atoms with E-state index in [0.717, 1.165) is 4.31 Å². The summed E-state index contributed by atoms with van der Waals surface area (Å²) in [4.78, 5) is 20.4. The molecule has 0 saturated heterocycles. The molecule has 0 bridgehead atoms. The molecule has 0 unspecified atom stereocenters. The number of rotatable bonds is 10. The van der Waals surface area contributed by atoms with Crippen molar-refractivity contribution < 1.29 is 31.1 Å². The van der Waals surface area contributed by atoms with Gasteiger partial charge in [-0.3, -0.25) is 9.10 Å². The average Bonchev–Trinajstić information content (AvgIpc) is 2.97. The van der Waals surface area contributed by atoms with Crippen molar-refractivity contribution >= 4 is 43.3 Å². The van der Waals surface area contributed by atoms with E-state index in [0.29, 0.717) is 17.1 Å². The fraction of sp³-hybridized carbons (Fsp3) is 0.115. The number of anilines is 3. The van der Waals surface area contributed by atoms with Crippen molar-refractivity contribution in [1.82, 2.24) is 9.97 Å². The van der Waals surface area contributed by atoms with E-state index < -0.39 is 26.0 Å². The van der Waals surface area contributed by atoms with Crippen molar-refractivity contribution in [3.05, 3.63) is 90.8 Å². The zero-order valence-electron chi connectivity index (χ0n) is 21.6. The predicted molar refractivity (Wildman–Crippen MR) is 149 cm³/mol. The molecule has 3 aromatic carbocycles. The van der Waals surface area contributed by atoms with Crippen LogP contribution in [0.2, 0.25) is 0 Å². The highest BCUT2D eigenvalue weighted by molar-refractivity contribution is 7.93. The molecular formula is C26H25N5O7S2. The summed E-state index contributed by atoms with van der Waals surface area (Å²) in [6, 6.07) is 17.3. The molecule has 1 aromatic heterocycles. The molecule has 12 nitrogen and oxygen atoms in total. The molecular weight excluding hydrogens is 558 g/mol. The van der Waals surface area contributed by atoms with Gasteiger partial charge in [-0.05, 0) is 66.7 Å². The van der Waals surface area contributed by atoms with Gasteiger partial charge in [0.1, 0.15) is 0 Å². The Morgan fingerprint density at radius 3 is 2.00 bits per heavy atom. The van der Waals surface area contributed by atoms with Crippen LogP contribution in [0.1, 0.15) is 10.4 Å². The third-order valence-electron chi connectivity index (χ3n) is 5.72. The van der Waals surface area contributed by atoms with Gasteiger partial charge in [0, 0.05) is 36.8 Å². The van der Waals surface area contributed by atoms with Crippen molar-refractivity contribution in [2.75, 3.05) is 35.6 Å². The Kier molecular flexibility index (Phi) is 8.21. The van der Waals surface area contributed by atoms with Crippen molar-refractivity contribution in [2.45, 2.75) is 9.79 Å². The largest absolute Gasteiger partial charge is 0.493 e. The standard InChI is InChI=1S/C26H25N5O7S2/c1-31(40(35,36)22-13-14-23(37-2)24(17-22)38-3)20-9-5-18(6-10-20)25(32)29-19-7-11-21(12-8-19)39(33,34)30-26-27-15-4-16-28-26/h4-17H,1-3H3,(H,29,32)(H,27,28,30). The van der Waals surface area contributed by atoms with Crippen LogP contribution in [0, 0.1) is 0 Å². The highest BCUT2D eigenvalue weighted by Crippen LogP contribution is 2.31. The number of methoxy groups -OCH3 is 2. The summed E-state index contributed by atoms with van der Waals surface area (Å²) in [5.41, 5.74) is 0.952. The lowest BCUT2D eigenvalue weighted by molar-refractivity contribution is 0.102. The summed E-state index contributed by atoms with van der Waals surface area (Å²) in [6.07, 6.45) is 2.82. The third-order valence-corrected chi connectivity index (χ3v) is 8.85. The van der Waals surface area contributed by atoms with E-state index in [-0.39, 0.29) is 27.1 Å². The molecule has 0 aliphatic rings. The van der Waals surface area contributed by atoms with Crippen LogP contribution in [0.25, 0.3) is 0 Å². The van der Waals surface area contributed by atoms with Crippen LogP contribution in [-0.4, -0.2) is 54.0 Å². The number of benzene rings is 3. The first kappa shape index (κ1) is 28.3. The third kappa shape index (κ3) is 6.13. The first-order valence-electron chi connectivity index (χ1n) is 11.6. The number of nitrogens with zero attached hydrogens (tertiary/aromatic N) is 3. The molecule has 0 spiro atoms. The minimum atomic E-state index is -3.93. The topological polar surface area (TPSA) is 157 Å². The van der Waals surface area contributed by atoms with Crippen molar-refractivity contribution in [3.63, 3.8) is 0 Å². The second-order valence-electron chi connectivity index (χ2n) is 8.19. The van der Waals surface area contributed by atoms with Gasteiger partial charge in [-0.15, -0.1) is 0 Å². The summed E-state index contributed by atoms with van der Waals surface area (Å²) in [5.74, 6) is 0.138. The maximum atomic E-state index is 13.2. The van der Waals surface area contributed by atoms with Gasteiger partial charge in [0.15, 0.2) is 11.5 Å². The quantitative estimate of drug-likeness (QED) is 0.286. The molecule has 0 aliphatic heterocycles. The normalized spacial score (nSPS) is 11.4. The van der Waals surface area contributed by atoms with Crippen LogP contribution in [0.3, 0.4) is 0 Å². The van der Waals surface area contributed by atoms with Gasteiger partial charge < -0.3 is 14.8 Å². The van der Waals surface area contributed by atoms with Crippen molar-refractivity contribution in [1.29, 1.82) is 0 Å². The SMILES string of the molecule is COc1ccc(S(=O)(=O)N(C)c2ccc(C(=O)Nc3ccc(S(=O)(=O)Nc4ncccn4)cc3)cc2)cc1OC. The minimum Gasteiger partial charge on any atom is -0.493 e. The maximum Gasteiger partial charge on any atom is 0.264 e. The molecule has 1 heterocycles. The Labute approximate surface area is 231 Å². The molecule has 0 saturated carbocycles. The predicted octanol–water partition coefficient (Wildman–Crippen LogP) is 3.37. The highest BCUT2D eigenvalue weighted by atomic mass is 32.2. The first-order valence-corrected chi connectivity index (χ1v) is 14.5. The zero-order chi connectivity index (χ0) is 28.9. The lowest BCUT2D eigenvalue weighted by atomic mass is 10.2. The number of nitrogens with one attached hydrogen (secondary N) is 2.